The number of aliphatic carboxylic acids is 2. The molecule has 1 unspecified atom stereocenters. The SMILES string of the molecule is CCCCCCCC(CCCCCCC)(C(=O)[O-])C(C)(C(=O)[O-])S(=O)(=O)O.[Na+].[Na+]. The Bertz CT molecular complexity index is 567. The molecule has 0 amide bonds. The predicted octanol–water partition coefficient (Wildman–Crippen LogP) is -4.15. The van der Waals surface area contributed by atoms with Gasteiger partial charge >= 0.3 is 59.1 Å². The van der Waals surface area contributed by atoms with Gasteiger partial charge in [-0.3, -0.25) is 4.55 Å². The van der Waals surface area contributed by atoms with Crippen molar-refractivity contribution in [1.82, 2.24) is 0 Å². The molecular weight excluding hydrogens is 418 g/mol. The van der Waals surface area contributed by atoms with Crippen molar-refractivity contribution in [3.8, 4) is 0 Å². The van der Waals surface area contributed by atoms with Crippen molar-refractivity contribution >= 4 is 22.1 Å². The van der Waals surface area contributed by atoms with E-state index >= 15 is 0 Å². The zero-order valence-electron chi connectivity index (χ0n) is 18.8. The number of hydrogen-bond donors (Lipinski definition) is 1. The molecule has 160 valence electrons. The molecule has 0 aliphatic rings. The van der Waals surface area contributed by atoms with Gasteiger partial charge in [0.05, 0.1) is 5.97 Å². The first-order chi connectivity index (χ1) is 12.5. The topological polar surface area (TPSA) is 135 Å². The monoisotopic (exact) mass is 452 g/mol. The van der Waals surface area contributed by atoms with Crippen molar-refractivity contribution in [2.45, 2.75) is 103 Å². The van der Waals surface area contributed by atoms with Crippen LogP contribution in [0.3, 0.4) is 0 Å². The van der Waals surface area contributed by atoms with Crippen LogP contribution in [0.4, 0.5) is 0 Å². The fourth-order valence-electron chi connectivity index (χ4n) is 3.61. The van der Waals surface area contributed by atoms with Gasteiger partial charge in [0.25, 0.3) is 10.1 Å². The van der Waals surface area contributed by atoms with Crippen LogP contribution < -0.4 is 69.3 Å². The molecule has 0 aliphatic heterocycles. The molecule has 0 radical (unpaired) electrons. The Hall–Kier alpha value is 0.850. The van der Waals surface area contributed by atoms with Gasteiger partial charge in [-0.2, -0.15) is 8.42 Å². The molecule has 0 spiro atoms. The van der Waals surface area contributed by atoms with Crippen molar-refractivity contribution in [3.63, 3.8) is 0 Å². The quantitative estimate of drug-likeness (QED) is 0.143. The Morgan fingerprint density at radius 2 is 1.10 bits per heavy atom. The second-order valence-corrected chi connectivity index (χ2v) is 9.26. The third kappa shape index (κ3) is 9.48. The average Bonchev–Trinajstić information content (AvgIpc) is 2.57. The molecule has 7 nitrogen and oxygen atoms in total. The van der Waals surface area contributed by atoms with Gasteiger partial charge in [-0.1, -0.05) is 78.1 Å². The van der Waals surface area contributed by atoms with E-state index in [-0.39, 0.29) is 72.0 Å². The van der Waals surface area contributed by atoms with Gasteiger partial charge in [0.2, 0.25) is 0 Å². The number of carboxylic acids is 2. The van der Waals surface area contributed by atoms with Gasteiger partial charge in [0.15, 0.2) is 0 Å². The van der Waals surface area contributed by atoms with Gasteiger partial charge in [-0.15, -0.1) is 0 Å². The largest absolute Gasteiger partial charge is 1.00 e. The normalized spacial score (nSPS) is 13.7. The molecule has 1 N–H and O–H groups in total. The number of carboxylic acid groups (broad SMARTS) is 2. The molecule has 0 aromatic rings. The molecule has 0 saturated carbocycles. The summed E-state index contributed by atoms with van der Waals surface area (Å²) in [4.78, 5) is 23.8. The number of carbonyl (C=O) groups excluding carboxylic acids is 2. The summed E-state index contributed by atoms with van der Waals surface area (Å²) in [5.41, 5.74) is -2.24. The number of hydrogen-bond acceptors (Lipinski definition) is 6. The number of rotatable bonds is 16. The first-order valence-corrected chi connectivity index (χ1v) is 11.3. The third-order valence-corrected chi connectivity index (χ3v) is 7.21. The molecular formula is C19H34Na2O7S. The van der Waals surface area contributed by atoms with Crippen LogP contribution in [-0.2, 0) is 19.7 Å². The Morgan fingerprint density at radius 1 is 0.759 bits per heavy atom. The van der Waals surface area contributed by atoms with Gasteiger partial charge in [-0.25, -0.2) is 0 Å². The van der Waals surface area contributed by atoms with Gasteiger partial charge in [-0.05, 0) is 19.8 Å². The molecule has 0 bridgehead atoms. The van der Waals surface area contributed by atoms with Crippen LogP contribution in [-0.4, -0.2) is 29.7 Å². The van der Waals surface area contributed by atoms with Crippen LogP contribution in [0.15, 0.2) is 0 Å². The molecule has 0 fully saturated rings. The number of unbranched alkanes of at least 4 members (excludes halogenated alkanes) is 8. The van der Waals surface area contributed by atoms with Crippen LogP contribution in [0.25, 0.3) is 0 Å². The molecule has 1 atom stereocenters. The molecule has 0 aromatic carbocycles. The van der Waals surface area contributed by atoms with E-state index in [9.17, 15) is 32.8 Å². The van der Waals surface area contributed by atoms with Gasteiger partial charge in [0, 0.05) is 11.4 Å². The van der Waals surface area contributed by atoms with Gasteiger partial charge in [0.1, 0.15) is 4.75 Å². The fourth-order valence-corrected chi connectivity index (χ4v) is 4.60. The molecule has 0 rings (SSSR count). The zero-order chi connectivity index (χ0) is 21.1. The molecule has 0 heterocycles. The number of carbonyl (C=O) groups is 2. The minimum Gasteiger partial charge on any atom is -0.549 e. The van der Waals surface area contributed by atoms with Crippen LogP contribution in [0, 0.1) is 5.41 Å². The van der Waals surface area contributed by atoms with E-state index in [4.69, 9.17) is 0 Å². The smallest absolute Gasteiger partial charge is 0.549 e. The molecule has 10 heteroatoms. The maximum absolute atomic E-state index is 12.1. The van der Waals surface area contributed by atoms with E-state index in [0.29, 0.717) is 25.7 Å². The van der Waals surface area contributed by atoms with Crippen molar-refractivity contribution < 1.29 is 91.9 Å². The third-order valence-electron chi connectivity index (χ3n) is 5.62. The summed E-state index contributed by atoms with van der Waals surface area (Å²) in [6, 6.07) is 0. The Balaban J connectivity index is -0.00000338. The fraction of sp³-hybridized carbons (Fsp3) is 0.895. The minimum absolute atomic E-state index is 0. The van der Waals surface area contributed by atoms with E-state index in [1.54, 1.807) is 0 Å². The maximum atomic E-state index is 12.1. The Labute approximate surface area is 220 Å². The first kappa shape index (κ1) is 34.5. The summed E-state index contributed by atoms with van der Waals surface area (Å²) in [6.07, 6.45) is 7.10. The summed E-state index contributed by atoms with van der Waals surface area (Å²) < 4.78 is 30.6. The molecule has 0 saturated heterocycles. The van der Waals surface area contributed by atoms with Crippen LogP contribution >= 0.6 is 0 Å². The average molecular weight is 453 g/mol. The summed E-state index contributed by atoms with van der Waals surface area (Å²) >= 11 is 0. The van der Waals surface area contributed by atoms with Crippen molar-refractivity contribution in [2.75, 3.05) is 0 Å². The maximum Gasteiger partial charge on any atom is 1.00 e. The molecule has 0 aliphatic carbocycles. The molecule has 29 heavy (non-hydrogen) atoms. The standard InChI is InChI=1S/C19H36O7S.2Na/c1-4-6-8-10-12-14-19(17(22)23,15-13-11-9-7-5-2)18(3,16(20)21)27(24,25)26;;/h4-15H2,1-3H3,(H,20,21)(H,22,23)(H,24,25,26);;/q;2*+1/p-2. The summed E-state index contributed by atoms with van der Waals surface area (Å²) in [6.45, 7) is 4.77. The van der Waals surface area contributed by atoms with E-state index in [0.717, 1.165) is 45.4 Å². The predicted molar refractivity (Wildman–Crippen MR) is 99.2 cm³/mol. The van der Waals surface area contributed by atoms with Crippen molar-refractivity contribution in [3.05, 3.63) is 0 Å². The van der Waals surface area contributed by atoms with Gasteiger partial charge < -0.3 is 19.8 Å². The van der Waals surface area contributed by atoms with Crippen molar-refractivity contribution in [1.29, 1.82) is 0 Å². The van der Waals surface area contributed by atoms with Crippen molar-refractivity contribution in [2.24, 2.45) is 5.41 Å². The van der Waals surface area contributed by atoms with Crippen LogP contribution in [0.1, 0.15) is 97.8 Å². The summed E-state index contributed by atoms with van der Waals surface area (Å²) in [5, 5.41) is 23.8. The Morgan fingerprint density at radius 3 is 1.34 bits per heavy atom. The second kappa shape index (κ2) is 16.5. The molecule has 0 aromatic heterocycles. The second-order valence-electron chi connectivity index (χ2n) is 7.49. The summed E-state index contributed by atoms with van der Waals surface area (Å²) in [5.74, 6) is -3.88. The van der Waals surface area contributed by atoms with E-state index in [2.05, 4.69) is 0 Å². The zero-order valence-corrected chi connectivity index (χ0v) is 23.6. The first-order valence-electron chi connectivity index (χ1n) is 9.91. The van der Waals surface area contributed by atoms with E-state index in [1.165, 1.54) is 0 Å². The Kier molecular flexibility index (Phi) is 19.6. The van der Waals surface area contributed by atoms with Crippen LogP contribution in [0.2, 0.25) is 0 Å². The van der Waals surface area contributed by atoms with Crippen LogP contribution in [0.5, 0.6) is 0 Å². The minimum atomic E-state index is -5.24. The summed E-state index contributed by atoms with van der Waals surface area (Å²) in [7, 11) is -5.24. The van der Waals surface area contributed by atoms with E-state index in [1.807, 2.05) is 13.8 Å². The van der Waals surface area contributed by atoms with E-state index < -0.39 is 32.2 Å².